The zero-order chi connectivity index (χ0) is 39.1. The number of fused-ring (bicyclic) bond motifs is 12. The van der Waals surface area contributed by atoms with Gasteiger partial charge in [0.25, 0.3) is 0 Å². The molecule has 0 aliphatic heterocycles. The molecule has 8 heteroatoms. The van der Waals surface area contributed by atoms with Gasteiger partial charge in [-0.2, -0.15) is 0 Å². The average molecular weight is 839 g/mol. The summed E-state index contributed by atoms with van der Waals surface area (Å²) >= 11 is 7.54. The first-order chi connectivity index (χ1) is 29.8. The largest absolute Gasteiger partial charge is 0.309 e. The van der Waals surface area contributed by atoms with Crippen LogP contribution in [0.1, 0.15) is 0 Å². The molecule has 0 bridgehead atoms. The average Bonchev–Trinajstić information content (AvgIpc) is 4.16. The van der Waals surface area contributed by atoms with Gasteiger partial charge in [0.2, 0.25) is 0 Å². The number of hydrogen-bond donors (Lipinski definition) is 0. The molecule has 0 amide bonds. The molecule has 0 fully saturated rings. The molecule has 0 saturated carbocycles. The second-order valence-corrected chi connectivity index (χ2v) is 19.3. The summed E-state index contributed by atoms with van der Waals surface area (Å²) in [5.74, 6) is 0. The van der Waals surface area contributed by atoms with Gasteiger partial charge in [0.05, 0.1) is 62.9 Å². The topological polar surface area (TPSA) is 19.7 Å². The number of nitrogens with zero attached hydrogens (tertiary/aromatic N) is 4. The van der Waals surface area contributed by atoms with Crippen LogP contribution in [-0.4, -0.2) is 18.3 Å². The predicted octanol–water partition coefficient (Wildman–Crippen LogP) is 16.0. The summed E-state index contributed by atoms with van der Waals surface area (Å²) in [5, 5.41) is 9.53. The third kappa shape index (κ3) is 4.53. The lowest BCUT2D eigenvalue weighted by Gasteiger charge is -2.09. The van der Waals surface area contributed by atoms with Crippen molar-refractivity contribution in [1.82, 2.24) is 18.3 Å². The molecule has 6 aromatic carbocycles. The number of benzene rings is 6. The standard InChI is InChI=1S/C52H30N4S4/c1-3-11-31(12-4-1)53-39-17-9-7-15-35(39)37-27-33(19-21-41(37)53)55-43-23-25-57-49(43)51-45(55)29-47(59-51)48-30-46-52(60-48)50-44(24-26-58-50)56(46)34-20-22-42-38(28-34)36-16-8-10-18-40(36)54(42)32-13-5-2-6-14-32/h1-30H. The van der Waals surface area contributed by atoms with Crippen molar-refractivity contribution in [2.45, 2.75) is 0 Å². The van der Waals surface area contributed by atoms with Gasteiger partial charge in [-0.3, -0.25) is 0 Å². The highest BCUT2D eigenvalue weighted by atomic mass is 32.1. The van der Waals surface area contributed by atoms with Gasteiger partial charge in [-0.25, -0.2) is 0 Å². The fourth-order valence-corrected chi connectivity index (χ4v) is 14.1. The molecule has 14 aromatic rings. The van der Waals surface area contributed by atoms with Gasteiger partial charge in [0, 0.05) is 54.0 Å². The zero-order valence-corrected chi connectivity index (χ0v) is 35.0. The fraction of sp³-hybridized carbons (Fsp3) is 0. The number of hydrogen-bond acceptors (Lipinski definition) is 4. The molecule has 60 heavy (non-hydrogen) atoms. The molecule has 0 unspecified atom stereocenters. The zero-order valence-electron chi connectivity index (χ0n) is 31.7. The van der Waals surface area contributed by atoms with Crippen LogP contribution in [0.25, 0.3) is 117 Å². The molecular weight excluding hydrogens is 809 g/mol. The van der Waals surface area contributed by atoms with Crippen LogP contribution in [0.4, 0.5) is 0 Å². The lowest BCUT2D eigenvalue weighted by molar-refractivity contribution is 1.17. The van der Waals surface area contributed by atoms with Crippen LogP contribution < -0.4 is 0 Å². The first-order valence-electron chi connectivity index (χ1n) is 20.0. The van der Waals surface area contributed by atoms with E-state index >= 15 is 0 Å². The normalized spacial score (nSPS) is 12.3. The molecule has 0 radical (unpaired) electrons. The van der Waals surface area contributed by atoms with E-state index in [0.29, 0.717) is 0 Å². The van der Waals surface area contributed by atoms with E-state index in [1.807, 2.05) is 45.3 Å². The molecule has 4 nitrogen and oxygen atoms in total. The molecule has 0 atom stereocenters. The number of aromatic nitrogens is 4. The first-order valence-corrected chi connectivity index (χ1v) is 23.4. The van der Waals surface area contributed by atoms with Crippen molar-refractivity contribution in [3.63, 3.8) is 0 Å². The number of para-hydroxylation sites is 4. The Hall–Kier alpha value is -6.68. The summed E-state index contributed by atoms with van der Waals surface area (Å²) in [4.78, 5) is 2.62. The lowest BCUT2D eigenvalue weighted by Crippen LogP contribution is -1.95. The molecule has 0 spiro atoms. The van der Waals surface area contributed by atoms with Crippen LogP contribution in [0, 0.1) is 0 Å². The number of thiophene rings is 4. The Bertz CT molecular complexity index is 3750. The van der Waals surface area contributed by atoms with Crippen LogP contribution >= 0.6 is 45.3 Å². The molecule has 8 heterocycles. The second-order valence-electron chi connectivity index (χ2n) is 15.4. The Morgan fingerprint density at radius 2 is 0.667 bits per heavy atom. The van der Waals surface area contributed by atoms with Gasteiger partial charge in [0.15, 0.2) is 0 Å². The van der Waals surface area contributed by atoms with E-state index in [2.05, 4.69) is 199 Å². The highest BCUT2D eigenvalue weighted by molar-refractivity contribution is 7.33. The molecule has 0 N–H and O–H groups in total. The third-order valence-corrected chi connectivity index (χ3v) is 16.8. The monoisotopic (exact) mass is 838 g/mol. The molecule has 0 aliphatic carbocycles. The summed E-state index contributed by atoms with van der Waals surface area (Å²) in [6.07, 6.45) is 0. The van der Waals surface area contributed by atoms with Gasteiger partial charge in [0.1, 0.15) is 0 Å². The Morgan fingerprint density at radius 1 is 0.267 bits per heavy atom. The minimum Gasteiger partial charge on any atom is -0.309 e. The van der Waals surface area contributed by atoms with Gasteiger partial charge in [-0.05, 0) is 108 Å². The quantitative estimate of drug-likeness (QED) is 0.165. The van der Waals surface area contributed by atoms with Crippen LogP contribution in [0.2, 0.25) is 0 Å². The highest BCUT2D eigenvalue weighted by Crippen LogP contribution is 2.49. The van der Waals surface area contributed by atoms with Gasteiger partial charge in [-0.15, -0.1) is 45.3 Å². The summed E-state index contributed by atoms with van der Waals surface area (Å²) in [6, 6.07) is 62.5. The van der Waals surface area contributed by atoms with E-state index in [0.717, 1.165) is 0 Å². The van der Waals surface area contributed by atoms with Crippen molar-refractivity contribution in [3.8, 4) is 32.5 Å². The predicted molar refractivity (Wildman–Crippen MR) is 261 cm³/mol. The SMILES string of the molecule is c1ccc(-n2c3ccccc3c3cc(-n4c5ccsc5c5sc(-c6cc7c(s6)c6sccc6n7-c6ccc7c(c6)c6ccccc6n7-c6ccccc6)cc54)ccc32)cc1. The smallest absolute Gasteiger partial charge is 0.0711 e. The maximum Gasteiger partial charge on any atom is 0.0711 e. The summed E-state index contributed by atoms with van der Waals surface area (Å²) in [5.41, 5.74) is 14.7. The molecular formula is C52H30N4S4. The minimum atomic E-state index is 1.18. The van der Waals surface area contributed by atoms with E-state index in [-0.39, 0.29) is 0 Å². The minimum absolute atomic E-state index is 1.18. The van der Waals surface area contributed by atoms with Crippen molar-refractivity contribution >= 4 is 130 Å². The Morgan fingerprint density at radius 3 is 1.13 bits per heavy atom. The van der Waals surface area contributed by atoms with E-state index < -0.39 is 0 Å². The van der Waals surface area contributed by atoms with Crippen molar-refractivity contribution < 1.29 is 0 Å². The van der Waals surface area contributed by atoms with Gasteiger partial charge < -0.3 is 18.3 Å². The summed E-state index contributed by atoms with van der Waals surface area (Å²) in [7, 11) is 0. The van der Waals surface area contributed by atoms with Crippen molar-refractivity contribution in [2.75, 3.05) is 0 Å². The molecule has 282 valence electrons. The second kappa shape index (κ2) is 12.4. The van der Waals surface area contributed by atoms with Gasteiger partial charge in [-0.1, -0.05) is 72.8 Å². The van der Waals surface area contributed by atoms with Crippen LogP contribution in [0.15, 0.2) is 181 Å². The Balaban J connectivity index is 0.934. The van der Waals surface area contributed by atoms with E-state index in [9.17, 15) is 0 Å². The number of rotatable bonds is 5. The van der Waals surface area contributed by atoms with Crippen LogP contribution in [0.3, 0.4) is 0 Å². The van der Waals surface area contributed by atoms with Crippen molar-refractivity contribution in [1.29, 1.82) is 0 Å². The third-order valence-electron chi connectivity index (χ3n) is 12.2. The lowest BCUT2D eigenvalue weighted by atomic mass is 10.1. The summed E-state index contributed by atoms with van der Waals surface area (Å²) in [6.45, 7) is 0. The Kier molecular flexibility index (Phi) is 6.87. The Labute approximate surface area is 358 Å². The first kappa shape index (κ1) is 33.2. The van der Waals surface area contributed by atoms with Crippen molar-refractivity contribution in [3.05, 3.63) is 181 Å². The van der Waals surface area contributed by atoms with Gasteiger partial charge >= 0.3 is 0 Å². The van der Waals surface area contributed by atoms with Crippen molar-refractivity contribution in [2.24, 2.45) is 0 Å². The molecule has 0 saturated heterocycles. The molecule has 8 aromatic heterocycles. The van der Waals surface area contributed by atoms with E-state index in [1.54, 1.807) is 0 Å². The van der Waals surface area contributed by atoms with E-state index in [4.69, 9.17) is 0 Å². The maximum absolute atomic E-state index is 2.49. The molecule has 14 rings (SSSR count). The highest BCUT2D eigenvalue weighted by Gasteiger charge is 2.23. The fourth-order valence-electron chi connectivity index (χ4n) is 9.69. The van der Waals surface area contributed by atoms with E-state index in [1.165, 1.54) is 117 Å². The molecule has 0 aliphatic rings. The van der Waals surface area contributed by atoms with Crippen LogP contribution in [-0.2, 0) is 0 Å². The van der Waals surface area contributed by atoms with Crippen LogP contribution in [0.5, 0.6) is 0 Å². The maximum atomic E-state index is 2.49. The summed E-state index contributed by atoms with van der Waals surface area (Å²) < 4.78 is 15.2.